The molecule has 3 rings (SSSR count). The first-order valence-electron chi connectivity index (χ1n) is 7.21. The molecule has 1 aliphatic carbocycles. The van der Waals surface area contributed by atoms with Gasteiger partial charge in [0.15, 0.2) is 0 Å². The van der Waals surface area contributed by atoms with Gasteiger partial charge >= 0.3 is 0 Å². The second-order valence-corrected chi connectivity index (χ2v) is 5.85. The molecule has 0 saturated heterocycles. The third kappa shape index (κ3) is 2.12. The Morgan fingerprint density at radius 3 is 2.40 bits per heavy atom. The van der Waals surface area contributed by atoms with E-state index in [1.165, 1.54) is 24.1 Å². The summed E-state index contributed by atoms with van der Waals surface area (Å²) in [4.78, 5) is 0. The number of nitrogens with zero attached hydrogens (tertiary/aromatic N) is 3. The van der Waals surface area contributed by atoms with Gasteiger partial charge in [-0.15, -0.1) is 0 Å². The van der Waals surface area contributed by atoms with Crippen molar-refractivity contribution >= 4 is 0 Å². The molecule has 20 heavy (non-hydrogen) atoms. The van der Waals surface area contributed by atoms with Crippen LogP contribution in [-0.4, -0.2) is 9.78 Å². The fourth-order valence-electron chi connectivity index (χ4n) is 2.81. The van der Waals surface area contributed by atoms with Crippen LogP contribution < -0.4 is 0 Å². The van der Waals surface area contributed by atoms with Crippen molar-refractivity contribution in [2.45, 2.75) is 45.6 Å². The summed E-state index contributed by atoms with van der Waals surface area (Å²) in [7, 11) is 0. The summed E-state index contributed by atoms with van der Waals surface area (Å²) in [5.41, 5.74) is 5.61. The standard InChI is InChI=1S/C17H19N3/c1-11(2)20-12(3)16(14-8-9-14)17(19-20)15-6-4-13(10-18)5-7-15/h4-7,11,14H,8-9H2,1-3H3. The zero-order valence-electron chi connectivity index (χ0n) is 12.2. The van der Waals surface area contributed by atoms with Crippen molar-refractivity contribution < 1.29 is 0 Å². The van der Waals surface area contributed by atoms with E-state index in [1.54, 1.807) is 0 Å². The van der Waals surface area contributed by atoms with Crippen LogP contribution in [0.1, 0.15) is 55.5 Å². The zero-order chi connectivity index (χ0) is 14.3. The number of hydrogen-bond acceptors (Lipinski definition) is 2. The Kier molecular flexibility index (Phi) is 3.10. The fraction of sp³-hybridized carbons (Fsp3) is 0.412. The minimum atomic E-state index is 0.375. The Morgan fingerprint density at radius 2 is 1.90 bits per heavy atom. The first kappa shape index (κ1) is 12.9. The molecule has 1 heterocycles. The first-order valence-corrected chi connectivity index (χ1v) is 7.21. The third-order valence-electron chi connectivity index (χ3n) is 3.96. The first-order chi connectivity index (χ1) is 9.61. The quantitative estimate of drug-likeness (QED) is 0.835. The lowest BCUT2D eigenvalue weighted by Crippen LogP contribution is -2.05. The minimum absolute atomic E-state index is 0.375. The van der Waals surface area contributed by atoms with Crippen LogP contribution >= 0.6 is 0 Å². The van der Waals surface area contributed by atoms with Crippen molar-refractivity contribution in [2.24, 2.45) is 0 Å². The SMILES string of the molecule is Cc1c(C2CC2)c(-c2ccc(C#N)cc2)nn1C(C)C. The van der Waals surface area contributed by atoms with Gasteiger partial charge < -0.3 is 0 Å². The van der Waals surface area contributed by atoms with Crippen LogP contribution in [0.3, 0.4) is 0 Å². The maximum atomic E-state index is 8.90. The monoisotopic (exact) mass is 265 g/mol. The topological polar surface area (TPSA) is 41.6 Å². The van der Waals surface area contributed by atoms with Gasteiger partial charge in [0.05, 0.1) is 17.3 Å². The van der Waals surface area contributed by atoms with Gasteiger partial charge in [-0.05, 0) is 51.7 Å². The molecule has 1 fully saturated rings. The van der Waals surface area contributed by atoms with E-state index in [2.05, 4.69) is 31.5 Å². The highest BCUT2D eigenvalue weighted by molar-refractivity contribution is 5.66. The van der Waals surface area contributed by atoms with Crippen molar-refractivity contribution in [3.8, 4) is 17.3 Å². The Morgan fingerprint density at radius 1 is 1.25 bits per heavy atom. The van der Waals surface area contributed by atoms with Gasteiger partial charge in [0.25, 0.3) is 0 Å². The van der Waals surface area contributed by atoms with E-state index in [4.69, 9.17) is 10.4 Å². The summed E-state index contributed by atoms with van der Waals surface area (Å²) in [6.45, 7) is 6.51. The van der Waals surface area contributed by atoms with Crippen LogP contribution in [0.5, 0.6) is 0 Å². The zero-order valence-corrected chi connectivity index (χ0v) is 12.2. The largest absolute Gasteiger partial charge is 0.266 e. The van der Waals surface area contributed by atoms with Crippen molar-refractivity contribution in [3.63, 3.8) is 0 Å². The molecule has 2 aromatic rings. The molecule has 102 valence electrons. The van der Waals surface area contributed by atoms with Crippen LogP contribution in [0.2, 0.25) is 0 Å². The van der Waals surface area contributed by atoms with Crippen molar-refractivity contribution in [3.05, 3.63) is 41.1 Å². The molecular weight excluding hydrogens is 246 g/mol. The van der Waals surface area contributed by atoms with E-state index in [1.807, 2.05) is 24.3 Å². The number of nitriles is 1. The van der Waals surface area contributed by atoms with Crippen LogP contribution in [0, 0.1) is 18.3 Å². The van der Waals surface area contributed by atoms with Crippen LogP contribution in [0.4, 0.5) is 0 Å². The summed E-state index contributed by atoms with van der Waals surface area (Å²) >= 11 is 0. The highest BCUT2D eigenvalue weighted by Crippen LogP contribution is 2.46. The van der Waals surface area contributed by atoms with Crippen LogP contribution in [0.25, 0.3) is 11.3 Å². The molecule has 0 aliphatic heterocycles. The minimum Gasteiger partial charge on any atom is -0.266 e. The Bertz CT molecular complexity index is 667. The average Bonchev–Trinajstić information content (AvgIpc) is 3.22. The summed E-state index contributed by atoms with van der Waals surface area (Å²) in [5.74, 6) is 0.674. The normalized spacial score (nSPS) is 14.6. The molecule has 3 nitrogen and oxygen atoms in total. The van der Waals surface area contributed by atoms with Gasteiger partial charge in [0.1, 0.15) is 0 Å². The molecule has 1 aliphatic rings. The predicted octanol–water partition coefficient (Wildman–Crippen LogP) is 4.19. The summed E-state index contributed by atoms with van der Waals surface area (Å²) < 4.78 is 2.13. The second kappa shape index (κ2) is 4.79. The molecule has 0 amide bonds. The summed E-state index contributed by atoms with van der Waals surface area (Å²) in [5, 5.41) is 13.7. The van der Waals surface area contributed by atoms with E-state index in [9.17, 15) is 0 Å². The van der Waals surface area contributed by atoms with E-state index < -0.39 is 0 Å². The van der Waals surface area contributed by atoms with Gasteiger partial charge in [-0.3, -0.25) is 4.68 Å². The Balaban J connectivity index is 2.12. The Labute approximate surface area is 119 Å². The van der Waals surface area contributed by atoms with Crippen molar-refractivity contribution in [2.75, 3.05) is 0 Å². The third-order valence-corrected chi connectivity index (χ3v) is 3.96. The Hall–Kier alpha value is -2.08. The number of benzene rings is 1. The highest BCUT2D eigenvalue weighted by atomic mass is 15.3. The number of hydrogen-bond donors (Lipinski definition) is 0. The highest BCUT2D eigenvalue weighted by Gasteiger charge is 2.31. The van der Waals surface area contributed by atoms with Crippen molar-refractivity contribution in [1.82, 2.24) is 9.78 Å². The van der Waals surface area contributed by atoms with E-state index >= 15 is 0 Å². The molecular formula is C17H19N3. The maximum absolute atomic E-state index is 8.90. The molecule has 0 spiro atoms. The van der Waals surface area contributed by atoms with E-state index in [-0.39, 0.29) is 0 Å². The average molecular weight is 265 g/mol. The van der Waals surface area contributed by atoms with Crippen LogP contribution in [-0.2, 0) is 0 Å². The number of rotatable bonds is 3. The van der Waals surface area contributed by atoms with E-state index in [0.717, 1.165) is 11.3 Å². The fourth-order valence-corrected chi connectivity index (χ4v) is 2.81. The molecule has 1 aromatic carbocycles. The van der Waals surface area contributed by atoms with Crippen LogP contribution in [0.15, 0.2) is 24.3 Å². The lowest BCUT2D eigenvalue weighted by Gasteiger charge is -2.08. The van der Waals surface area contributed by atoms with Gasteiger partial charge in [-0.1, -0.05) is 12.1 Å². The maximum Gasteiger partial charge on any atom is 0.0991 e. The molecule has 0 N–H and O–H groups in total. The lowest BCUT2D eigenvalue weighted by atomic mass is 10.0. The smallest absolute Gasteiger partial charge is 0.0991 e. The lowest BCUT2D eigenvalue weighted by molar-refractivity contribution is 0.519. The summed E-state index contributed by atoms with van der Waals surface area (Å²) in [6.07, 6.45) is 2.54. The molecule has 0 radical (unpaired) electrons. The molecule has 1 saturated carbocycles. The predicted molar refractivity (Wildman–Crippen MR) is 79.5 cm³/mol. The van der Waals surface area contributed by atoms with Crippen molar-refractivity contribution in [1.29, 1.82) is 5.26 Å². The van der Waals surface area contributed by atoms with E-state index in [0.29, 0.717) is 17.5 Å². The van der Waals surface area contributed by atoms with Gasteiger partial charge in [0, 0.05) is 22.9 Å². The molecule has 0 bridgehead atoms. The summed E-state index contributed by atoms with van der Waals surface area (Å²) in [6, 6.07) is 10.3. The second-order valence-electron chi connectivity index (χ2n) is 5.85. The molecule has 3 heteroatoms. The molecule has 0 atom stereocenters. The van der Waals surface area contributed by atoms with Gasteiger partial charge in [0.2, 0.25) is 0 Å². The van der Waals surface area contributed by atoms with Gasteiger partial charge in [-0.2, -0.15) is 10.4 Å². The molecule has 0 unspecified atom stereocenters. The number of aromatic nitrogens is 2. The molecule has 1 aromatic heterocycles. The van der Waals surface area contributed by atoms with Gasteiger partial charge in [-0.25, -0.2) is 0 Å².